The number of nitrogens with one attached hydrogen (secondary N) is 2. The van der Waals surface area contributed by atoms with Crippen LogP contribution in [0.2, 0.25) is 0 Å². The third-order valence-corrected chi connectivity index (χ3v) is 4.66. The first kappa shape index (κ1) is 15.5. The number of fused-ring (bicyclic) bond motifs is 1. The predicted octanol–water partition coefficient (Wildman–Crippen LogP) is 3.24. The Morgan fingerprint density at radius 2 is 2.11 bits per heavy atom. The molecule has 0 aliphatic carbocycles. The zero-order valence-electron chi connectivity index (χ0n) is 14.4. The number of hydrogen-bond donors (Lipinski definition) is 2. The van der Waals surface area contributed by atoms with Gasteiger partial charge in [-0.25, -0.2) is 4.98 Å². The number of aromatic nitrogens is 5. The molecule has 1 amide bonds. The molecule has 27 heavy (non-hydrogen) atoms. The van der Waals surface area contributed by atoms with E-state index >= 15 is 0 Å². The molecule has 0 spiro atoms. The molecule has 1 aliphatic heterocycles. The number of hydrogen-bond acceptors (Lipinski definition) is 4. The number of nitrogens with zero attached hydrogens (tertiary/aromatic N) is 4. The molecular formula is C20H16N6O. The van der Waals surface area contributed by atoms with Crippen LogP contribution in [-0.2, 0) is 0 Å². The summed E-state index contributed by atoms with van der Waals surface area (Å²) in [5, 5.41) is 7.63. The van der Waals surface area contributed by atoms with Gasteiger partial charge < -0.3 is 9.88 Å². The Hall–Kier alpha value is -3.74. The third kappa shape index (κ3) is 2.69. The van der Waals surface area contributed by atoms with Gasteiger partial charge in [-0.15, -0.1) is 0 Å². The zero-order valence-corrected chi connectivity index (χ0v) is 14.4. The van der Waals surface area contributed by atoms with E-state index in [9.17, 15) is 4.79 Å². The minimum absolute atomic E-state index is 0.0766. The summed E-state index contributed by atoms with van der Waals surface area (Å²) in [5.74, 6) is -0.0766. The first-order chi connectivity index (χ1) is 13.3. The first-order valence-corrected chi connectivity index (χ1v) is 8.72. The molecule has 0 saturated heterocycles. The topological polar surface area (TPSA) is 90.6 Å². The molecule has 0 atom stereocenters. The highest BCUT2D eigenvalue weighted by molar-refractivity contribution is 6.02. The second-order valence-corrected chi connectivity index (χ2v) is 6.35. The van der Waals surface area contributed by atoms with Gasteiger partial charge in [-0.3, -0.25) is 14.9 Å². The van der Waals surface area contributed by atoms with Crippen molar-refractivity contribution in [2.45, 2.75) is 6.42 Å². The fourth-order valence-corrected chi connectivity index (χ4v) is 3.35. The molecule has 132 valence electrons. The van der Waals surface area contributed by atoms with Gasteiger partial charge >= 0.3 is 0 Å². The molecule has 0 aromatic carbocycles. The number of carbonyl (C=O) groups is 1. The lowest BCUT2D eigenvalue weighted by Gasteiger charge is -2.19. The number of rotatable bonds is 3. The van der Waals surface area contributed by atoms with Crippen molar-refractivity contribution in [3.8, 4) is 11.3 Å². The van der Waals surface area contributed by atoms with Crippen molar-refractivity contribution in [1.29, 1.82) is 0 Å². The van der Waals surface area contributed by atoms with Crippen molar-refractivity contribution in [1.82, 2.24) is 30.0 Å². The molecule has 4 aromatic heterocycles. The second-order valence-electron chi connectivity index (χ2n) is 6.35. The van der Waals surface area contributed by atoms with E-state index in [-0.39, 0.29) is 5.91 Å². The average Bonchev–Trinajstić information content (AvgIpc) is 3.47. The Bertz CT molecular complexity index is 1140. The maximum Gasteiger partial charge on any atom is 0.274 e. The highest BCUT2D eigenvalue weighted by Crippen LogP contribution is 2.27. The minimum atomic E-state index is -0.0766. The lowest BCUT2D eigenvalue weighted by atomic mass is 10.2. The average molecular weight is 356 g/mol. The second kappa shape index (κ2) is 6.21. The number of amides is 1. The van der Waals surface area contributed by atoms with E-state index in [1.807, 2.05) is 36.4 Å². The van der Waals surface area contributed by atoms with Gasteiger partial charge in [0, 0.05) is 29.9 Å². The van der Waals surface area contributed by atoms with Crippen LogP contribution in [0.25, 0.3) is 28.0 Å². The SMILES string of the molecule is O=C(c1cc2ccc(-c3cn[nH]c3)nc2[nH]1)N1CCC=C1c1ccccn1. The van der Waals surface area contributed by atoms with Gasteiger partial charge in [0.1, 0.15) is 11.3 Å². The smallest absolute Gasteiger partial charge is 0.274 e. The first-order valence-electron chi connectivity index (χ1n) is 8.72. The Morgan fingerprint density at radius 1 is 1.15 bits per heavy atom. The summed E-state index contributed by atoms with van der Waals surface area (Å²) in [7, 11) is 0. The molecule has 2 N–H and O–H groups in total. The molecule has 0 unspecified atom stereocenters. The molecule has 5 rings (SSSR count). The van der Waals surface area contributed by atoms with E-state index < -0.39 is 0 Å². The van der Waals surface area contributed by atoms with E-state index in [1.54, 1.807) is 23.5 Å². The Morgan fingerprint density at radius 3 is 2.93 bits per heavy atom. The van der Waals surface area contributed by atoms with Crippen molar-refractivity contribution in [3.63, 3.8) is 0 Å². The fraction of sp³-hybridized carbons (Fsp3) is 0.100. The van der Waals surface area contributed by atoms with Gasteiger partial charge in [-0.1, -0.05) is 12.1 Å². The summed E-state index contributed by atoms with van der Waals surface area (Å²) in [6.07, 6.45) is 8.12. The standard InChI is InChI=1S/C20H16N6O/c27-20(26-9-3-5-18(26)16-4-1-2-8-21-16)17-10-13-6-7-15(24-19(13)25-17)14-11-22-23-12-14/h1-2,4-8,10-12H,3,9H2,(H,22,23)(H,24,25). The fourth-order valence-electron chi connectivity index (χ4n) is 3.35. The Kier molecular flexibility index (Phi) is 3.57. The molecular weight excluding hydrogens is 340 g/mol. The molecule has 0 bridgehead atoms. The normalized spacial score (nSPS) is 13.9. The van der Waals surface area contributed by atoms with Crippen molar-refractivity contribution < 1.29 is 4.79 Å². The van der Waals surface area contributed by atoms with Crippen LogP contribution in [0.3, 0.4) is 0 Å². The molecule has 4 aromatic rings. The number of aromatic amines is 2. The Balaban J connectivity index is 1.48. The van der Waals surface area contributed by atoms with Gasteiger partial charge in [0.2, 0.25) is 0 Å². The highest BCUT2D eigenvalue weighted by atomic mass is 16.2. The lowest BCUT2D eigenvalue weighted by Crippen LogP contribution is -2.27. The van der Waals surface area contributed by atoms with Crippen molar-refractivity contribution in [2.75, 3.05) is 6.54 Å². The summed E-state index contributed by atoms with van der Waals surface area (Å²) in [6, 6.07) is 11.4. The van der Waals surface area contributed by atoms with E-state index in [1.165, 1.54) is 0 Å². The van der Waals surface area contributed by atoms with Gasteiger partial charge in [0.25, 0.3) is 5.91 Å². The van der Waals surface area contributed by atoms with Crippen LogP contribution in [0.4, 0.5) is 0 Å². The van der Waals surface area contributed by atoms with Crippen LogP contribution >= 0.6 is 0 Å². The van der Waals surface area contributed by atoms with Gasteiger partial charge in [-0.05, 0) is 36.8 Å². The Labute approximate surface area is 154 Å². The molecule has 0 radical (unpaired) electrons. The summed E-state index contributed by atoms with van der Waals surface area (Å²) < 4.78 is 0. The molecule has 7 nitrogen and oxygen atoms in total. The van der Waals surface area contributed by atoms with Gasteiger partial charge in [-0.2, -0.15) is 5.10 Å². The number of pyridine rings is 2. The van der Waals surface area contributed by atoms with Gasteiger partial charge in [0.15, 0.2) is 0 Å². The van der Waals surface area contributed by atoms with Crippen LogP contribution in [0.1, 0.15) is 22.6 Å². The monoisotopic (exact) mass is 356 g/mol. The van der Waals surface area contributed by atoms with E-state index in [0.29, 0.717) is 17.9 Å². The third-order valence-electron chi connectivity index (χ3n) is 4.66. The van der Waals surface area contributed by atoms with Crippen LogP contribution in [0, 0.1) is 0 Å². The predicted molar refractivity (Wildman–Crippen MR) is 102 cm³/mol. The molecule has 1 aliphatic rings. The molecule has 5 heterocycles. The molecule has 7 heteroatoms. The minimum Gasteiger partial charge on any atom is -0.335 e. The van der Waals surface area contributed by atoms with E-state index in [4.69, 9.17) is 0 Å². The summed E-state index contributed by atoms with van der Waals surface area (Å²) in [4.78, 5) is 27.0. The van der Waals surface area contributed by atoms with Gasteiger partial charge in [0.05, 0.1) is 23.3 Å². The van der Waals surface area contributed by atoms with Crippen LogP contribution in [-0.4, -0.2) is 42.5 Å². The zero-order chi connectivity index (χ0) is 18.2. The largest absolute Gasteiger partial charge is 0.335 e. The summed E-state index contributed by atoms with van der Waals surface area (Å²) >= 11 is 0. The quantitative estimate of drug-likeness (QED) is 0.590. The number of carbonyl (C=O) groups excluding carboxylic acids is 1. The summed E-state index contributed by atoms with van der Waals surface area (Å²) in [6.45, 7) is 0.647. The van der Waals surface area contributed by atoms with E-state index in [2.05, 4.69) is 31.2 Å². The van der Waals surface area contributed by atoms with Crippen LogP contribution < -0.4 is 0 Å². The van der Waals surface area contributed by atoms with Crippen LogP contribution in [0.5, 0.6) is 0 Å². The van der Waals surface area contributed by atoms with Crippen molar-refractivity contribution in [3.05, 3.63) is 72.5 Å². The maximum atomic E-state index is 13.1. The lowest BCUT2D eigenvalue weighted by molar-refractivity contribution is 0.0839. The summed E-state index contributed by atoms with van der Waals surface area (Å²) in [5.41, 5.74) is 4.56. The van der Waals surface area contributed by atoms with Crippen molar-refractivity contribution >= 4 is 22.6 Å². The molecule has 0 saturated carbocycles. The number of H-pyrrole nitrogens is 2. The highest BCUT2D eigenvalue weighted by Gasteiger charge is 2.26. The van der Waals surface area contributed by atoms with Crippen molar-refractivity contribution in [2.24, 2.45) is 0 Å². The van der Waals surface area contributed by atoms with Crippen LogP contribution in [0.15, 0.2) is 61.1 Å². The van der Waals surface area contributed by atoms with E-state index in [0.717, 1.165) is 34.5 Å². The molecule has 0 fully saturated rings. The maximum absolute atomic E-state index is 13.1.